The summed E-state index contributed by atoms with van der Waals surface area (Å²) in [7, 11) is 1.60. The normalized spacial score (nSPS) is 11.3. The Labute approximate surface area is 120 Å². The van der Waals surface area contributed by atoms with Gasteiger partial charge in [-0.3, -0.25) is 4.79 Å². The van der Waals surface area contributed by atoms with Crippen LogP contribution in [0.5, 0.6) is 5.75 Å². The molecule has 0 spiro atoms. The van der Waals surface area contributed by atoms with E-state index in [1.807, 2.05) is 48.5 Å². The SMILES string of the molecule is COc1ccc2[nH]c3cc4ccccc4cc3c(=O)c2c1. The molecule has 4 aromatic rings. The van der Waals surface area contributed by atoms with Gasteiger partial charge >= 0.3 is 0 Å². The third-order valence-corrected chi connectivity index (χ3v) is 3.87. The van der Waals surface area contributed by atoms with E-state index in [4.69, 9.17) is 4.74 Å². The molecule has 0 radical (unpaired) electrons. The Morgan fingerprint density at radius 2 is 1.57 bits per heavy atom. The van der Waals surface area contributed by atoms with Crippen molar-refractivity contribution < 1.29 is 4.74 Å². The maximum atomic E-state index is 12.7. The highest BCUT2D eigenvalue weighted by Crippen LogP contribution is 2.23. The second kappa shape index (κ2) is 4.35. The van der Waals surface area contributed by atoms with Gasteiger partial charge in [-0.15, -0.1) is 0 Å². The molecule has 3 nitrogen and oxygen atoms in total. The zero-order valence-electron chi connectivity index (χ0n) is 11.5. The summed E-state index contributed by atoms with van der Waals surface area (Å²) in [6.07, 6.45) is 0. The lowest BCUT2D eigenvalue weighted by atomic mass is 10.0. The van der Waals surface area contributed by atoms with Gasteiger partial charge in [-0.1, -0.05) is 24.3 Å². The number of aromatic amines is 1. The van der Waals surface area contributed by atoms with Crippen LogP contribution in [0.3, 0.4) is 0 Å². The maximum absolute atomic E-state index is 12.7. The highest BCUT2D eigenvalue weighted by Gasteiger charge is 2.07. The van der Waals surface area contributed by atoms with Crippen LogP contribution < -0.4 is 10.2 Å². The lowest BCUT2D eigenvalue weighted by molar-refractivity contribution is 0.415. The smallest absolute Gasteiger partial charge is 0.197 e. The molecule has 102 valence electrons. The van der Waals surface area contributed by atoms with E-state index in [0.717, 1.165) is 21.8 Å². The van der Waals surface area contributed by atoms with Crippen LogP contribution in [-0.4, -0.2) is 12.1 Å². The van der Waals surface area contributed by atoms with Crippen molar-refractivity contribution in [3.8, 4) is 5.75 Å². The Morgan fingerprint density at radius 1 is 0.857 bits per heavy atom. The highest BCUT2D eigenvalue weighted by atomic mass is 16.5. The molecule has 1 heterocycles. The number of ether oxygens (including phenoxy) is 1. The predicted molar refractivity (Wildman–Crippen MR) is 86.1 cm³/mol. The molecule has 3 aromatic carbocycles. The van der Waals surface area contributed by atoms with Crippen molar-refractivity contribution in [2.45, 2.75) is 0 Å². The number of aromatic nitrogens is 1. The van der Waals surface area contributed by atoms with E-state index in [2.05, 4.69) is 4.98 Å². The second-order valence-corrected chi connectivity index (χ2v) is 5.11. The summed E-state index contributed by atoms with van der Waals surface area (Å²) in [5.74, 6) is 0.688. The van der Waals surface area contributed by atoms with E-state index in [0.29, 0.717) is 16.5 Å². The summed E-state index contributed by atoms with van der Waals surface area (Å²) in [5.41, 5.74) is 1.71. The standard InChI is InChI=1S/C18H13NO2/c1-21-13-6-7-16-15(10-13)18(20)14-8-11-4-2-3-5-12(11)9-17(14)19-16/h2-10H,1H3,(H,19,20). The Bertz CT molecular complexity index is 1050. The van der Waals surface area contributed by atoms with Crippen LogP contribution in [0.25, 0.3) is 32.6 Å². The average Bonchev–Trinajstić information content (AvgIpc) is 2.53. The van der Waals surface area contributed by atoms with Crippen LogP contribution in [0.1, 0.15) is 0 Å². The van der Waals surface area contributed by atoms with Gasteiger partial charge < -0.3 is 9.72 Å². The second-order valence-electron chi connectivity index (χ2n) is 5.11. The van der Waals surface area contributed by atoms with Gasteiger partial charge in [0.15, 0.2) is 5.43 Å². The van der Waals surface area contributed by atoms with Crippen molar-refractivity contribution in [1.82, 2.24) is 4.98 Å². The Kier molecular flexibility index (Phi) is 2.48. The average molecular weight is 275 g/mol. The number of benzene rings is 3. The fourth-order valence-electron chi connectivity index (χ4n) is 2.77. The summed E-state index contributed by atoms with van der Waals surface area (Å²) in [6.45, 7) is 0. The lowest BCUT2D eigenvalue weighted by Crippen LogP contribution is -2.04. The van der Waals surface area contributed by atoms with E-state index < -0.39 is 0 Å². The summed E-state index contributed by atoms with van der Waals surface area (Å²) in [5, 5.41) is 3.54. The molecule has 0 fully saturated rings. The van der Waals surface area contributed by atoms with E-state index in [1.165, 1.54) is 0 Å². The van der Waals surface area contributed by atoms with Crippen molar-refractivity contribution in [1.29, 1.82) is 0 Å². The van der Waals surface area contributed by atoms with E-state index in [9.17, 15) is 4.79 Å². The Balaban J connectivity index is 2.19. The molecule has 0 aliphatic carbocycles. The molecule has 0 saturated heterocycles. The molecule has 1 aromatic heterocycles. The topological polar surface area (TPSA) is 42.1 Å². The van der Waals surface area contributed by atoms with Gasteiger partial charge in [-0.2, -0.15) is 0 Å². The highest BCUT2D eigenvalue weighted by molar-refractivity contribution is 6.01. The number of methoxy groups -OCH3 is 1. The molecule has 3 heteroatoms. The zero-order chi connectivity index (χ0) is 14.4. The molecule has 0 amide bonds. The number of fused-ring (bicyclic) bond motifs is 3. The fraction of sp³-hybridized carbons (Fsp3) is 0.0556. The Hall–Kier alpha value is -2.81. The fourth-order valence-corrected chi connectivity index (χ4v) is 2.77. The van der Waals surface area contributed by atoms with Crippen LogP contribution in [-0.2, 0) is 0 Å². The summed E-state index contributed by atoms with van der Waals surface area (Å²) >= 11 is 0. The Morgan fingerprint density at radius 3 is 2.33 bits per heavy atom. The number of rotatable bonds is 1. The molecular formula is C18H13NO2. The quantitative estimate of drug-likeness (QED) is 0.536. The molecule has 1 N–H and O–H groups in total. The van der Waals surface area contributed by atoms with Crippen molar-refractivity contribution in [2.24, 2.45) is 0 Å². The largest absolute Gasteiger partial charge is 0.497 e. The van der Waals surface area contributed by atoms with Crippen molar-refractivity contribution >= 4 is 32.6 Å². The summed E-state index contributed by atoms with van der Waals surface area (Å²) in [6, 6.07) is 17.5. The predicted octanol–water partition coefficient (Wildman–Crippen LogP) is 3.84. The van der Waals surface area contributed by atoms with Gasteiger partial charge in [0, 0.05) is 10.8 Å². The van der Waals surface area contributed by atoms with E-state index >= 15 is 0 Å². The van der Waals surface area contributed by atoms with Crippen molar-refractivity contribution in [2.75, 3.05) is 7.11 Å². The molecule has 0 atom stereocenters. The summed E-state index contributed by atoms with van der Waals surface area (Å²) in [4.78, 5) is 16.1. The first kappa shape index (κ1) is 12.0. The number of pyridine rings is 1. The van der Waals surface area contributed by atoms with Gasteiger partial charge in [0.2, 0.25) is 0 Å². The monoisotopic (exact) mass is 275 g/mol. The summed E-state index contributed by atoms with van der Waals surface area (Å²) < 4.78 is 5.21. The molecule has 0 aliphatic rings. The van der Waals surface area contributed by atoms with E-state index in [1.54, 1.807) is 13.2 Å². The lowest BCUT2D eigenvalue weighted by Gasteiger charge is -2.06. The first-order valence-electron chi connectivity index (χ1n) is 6.79. The number of nitrogens with one attached hydrogen (secondary N) is 1. The van der Waals surface area contributed by atoms with Crippen LogP contribution in [0.15, 0.2) is 59.4 Å². The van der Waals surface area contributed by atoms with E-state index in [-0.39, 0.29) is 5.43 Å². The molecule has 21 heavy (non-hydrogen) atoms. The first-order valence-corrected chi connectivity index (χ1v) is 6.79. The minimum Gasteiger partial charge on any atom is -0.497 e. The molecule has 0 saturated carbocycles. The molecular weight excluding hydrogens is 262 g/mol. The zero-order valence-corrected chi connectivity index (χ0v) is 11.5. The third-order valence-electron chi connectivity index (χ3n) is 3.87. The first-order chi connectivity index (χ1) is 10.3. The molecule has 0 unspecified atom stereocenters. The molecule has 4 rings (SSSR count). The van der Waals surface area contributed by atoms with Gasteiger partial charge in [0.05, 0.1) is 18.1 Å². The maximum Gasteiger partial charge on any atom is 0.197 e. The van der Waals surface area contributed by atoms with Crippen molar-refractivity contribution in [3.05, 3.63) is 64.8 Å². The van der Waals surface area contributed by atoms with Gasteiger partial charge in [0.1, 0.15) is 5.75 Å². The number of H-pyrrole nitrogens is 1. The van der Waals surface area contributed by atoms with Crippen LogP contribution in [0, 0.1) is 0 Å². The number of hydrogen-bond donors (Lipinski definition) is 1. The van der Waals surface area contributed by atoms with Crippen molar-refractivity contribution in [3.63, 3.8) is 0 Å². The van der Waals surface area contributed by atoms with Crippen LogP contribution in [0.2, 0.25) is 0 Å². The molecule has 0 bridgehead atoms. The van der Waals surface area contributed by atoms with Crippen LogP contribution in [0.4, 0.5) is 0 Å². The minimum absolute atomic E-state index is 0.0309. The number of hydrogen-bond acceptors (Lipinski definition) is 2. The minimum atomic E-state index is 0.0309. The molecule has 0 aliphatic heterocycles. The van der Waals surface area contributed by atoms with Gasteiger partial charge in [0.25, 0.3) is 0 Å². The van der Waals surface area contributed by atoms with Crippen LogP contribution >= 0.6 is 0 Å². The third kappa shape index (κ3) is 1.78. The van der Waals surface area contributed by atoms with Gasteiger partial charge in [-0.25, -0.2) is 0 Å². The van der Waals surface area contributed by atoms with Gasteiger partial charge in [-0.05, 0) is 41.1 Å².